The zero-order valence-electron chi connectivity index (χ0n) is 19.1. The van der Waals surface area contributed by atoms with E-state index >= 15 is 0 Å². The predicted octanol–water partition coefficient (Wildman–Crippen LogP) is 2.87. The minimum absolute atomic E-state index is 0.0217. The third-order valence-corrected chi connectivity index (χ3v) is 6.08. The molecule has 0 saturated carbocycles. The van der Waals surface area contributed by atoms with Gasteiger partial charge in [-0.15, -0.1) is 0 Å². The summed E-state index contributed by atoms with van der Waals surface area (Å²) in [6, 6.07) is 18.0. The van der Waals surface area contributed by atoms with Gasteiger partial charge in [-0.3, -0.25) is 0 Å². The highest BCUT2D eigenvalue weighted by atomic mass is 16.5. The Morgan fingerprint density at radius 2 is 1.76 bits per heavy atom. The molecule has 0 atom stereocenters. The number of hydrogen-bond acceptors (Lipinski definition) is 6. The summed E-state index contributed by atoms with van der Waals surface area (Å²) in [4.78, 5) is 25.5. The highest BCUT2D eigenvalue weighted by molar-refractivity contribution is 5.78. The van der Waals surface area contributed by atoms with Crippen molar-refractivity contribution in [2.45, 2.75) is 6.42 Å². The molecule has 2 aromatic heterocycles. The summed E-state index contributed by atoms with van der Waals surface area (Å²) in [5, 5.41) is 7.47. The average Bonchev–Trinajstić information content (AvgIpc) is 3.38. The molecule has 0 radical (unpaired) electrons. The molecule has 4 aromatic rings. The number of anilines is 1. The van der Waals surface area contributed by atoms with Gasteiger partial charge in [0, 0.05) is 44.5 Å². The molecule has 0 aliphatic carbocycles. The van der Waals surface area contributed by atoms with Crippen LogP contribution in [0, 0.1) is 0 Å². The first-order chi connectivity index (χ1) is 16.7. The van der Waals surface area contributed by atoms with Gasteiger partial charge < -0.3 is 19.9 Å². The van der Waals surface area contributed by atoms with Crippen molar-refractivity contribution in [2.75, 3.05) is 44.7 Å². The molecule has 0 bridgehead atoms. The van der Waals surface area contributed by atoms with Crippen LogP contribution in [0.4, 0.5) is 10.6 Å². The van der Waals surface area contributed by atoms with Crippen LogP contribution >= 0.6 is 0 Å². The standard InChI is InChI=1S/C25H27N7O2/c1-34-21-9-7-20(8-10-21)22-17-27-24-28-18-29-32(24)23(22)30-13-15-31(16-14-30)25(33)26-12-11-19-5-3-2-4-6-19/h2-10,17-18H,11-16H2,1H3,(H,26,33). The first-order valence-corrected chi connectivity index (χ1v) is 11.4. The Morgan fingerprint density at radius 3 is 2.50 bits per heavy atom. The maximum Gasteiger partial charge on any atom is 0.317 e. The molecule has 0 unspecified atom stereocenters. The van der Waals surface area contributed by atoms with Gasteiger partial charge in [0.15, 0.2) is 0 Å². The minimum Gasteiger partial charge on any atom is -0.497 e. The fraction of sp³-hybridized carbons (Fsp3) is 0.280. The van der Waals surface area contributed by atoms with E-state index in [9.17, 15) is 4.79 Å². The van der Waals surface area contributed by atoms with Crippen LogP contribution in [0.25, 0.3) is 16.9 Å². The van der Waals surface area contributed by atoms with E-state index in [1.807, 2.05) is 53.6 Å². The number of carbonyl (C=O) groups excluding carboxylic acids is 1. The van der Waals surface area contributed by atoms with Gasteiger partial charge in [0.1, 0.15) is 17.9 Å². The van der Waals surface area contributed by atoms with E-state index in [0.717, 1.165) is 29.1 Å². The fourth-order valence-corrected chi connectivity index (χ4v) is 4.24. The van der Waals surface area contributed by atoms with Crippen molar-refractivity contribution in [2.24, 2.45) is 0 Å². The largest absolute Gasteiger partial charge is 0.497 e. The second-order valence-corrected chi connectivity index (χ2v) is 8.14. The van der Waals surface area contributed by atoms with Gasteiger partial charge in [0.05, 0.1) is 7.11 Å². The number of ether oxygens (including phenoxy) is 1. The van der Waals surface area contributed by atoms with Crippen molar-refractivity contribution < 1.29 is 9.53 Å². The Morgan fingerprint density at radius 1 is 1.00 bits per heavy atom. The van der Waals surface area contributed by atoms with E-state index in [4.69, 9.17) is 4.74 Å². The first kappa shape index (κ1) is 21.7. The number of aromatic nitrogens is 4. The average molecular weight is 458 g/mol. The van der Waals surface area contributed by atoms with Crippen LogP contribution < -0.4 is 15.0 Å². The van der Waals surface area contributed by atoms with Crippen molar-refractivity contribution in [3.63, 3.8) is 0 Å². The van der Waals surface area contributed by atoms with Crippen LogP contribution in [0.1, 0.15) is 5.56 Å². The summed E-state index contributed by atoms with van der Waals surface area (Å²) in [5.41, 5.74) is 3.19. The highest BCUT2D eigenvalue weighted by Gasteiger charge is 2.25. The van der Waals surface area contributed by atoms with E-state index in [2.05, 4.69) is 37.4 Å². The lowest BCUT2D eigenvalue weighted by Crippen LogP contribution is -2.52. The summed E-state index contributed by atoms with van der Waals surface area (Å²) in [5.74, 6) is 2.28. The molecule has 1 N–H and O–H groups in total. The highest BCUT2D eigenvalue weighted by Crippen LogP contribution is 2.32. The van der Waals surface area contributed by atoms with Crippen LogP contribution in [0.2, 0.25) is 0 Å². The monoisotopic (exact) mass is 457 g/mol. The number of methoxy groups -OCH3 is 1. The molecule has 0 spiro atoms. The first-order valence-electron chi connectivity index (χ1n) is 11.4. The maximum atomic E-state index is 12.7. The number of carbonyl (C=O) groups is 1. The van der Waals surface area contributed by atoms with Crippen molar-refractivity contribution in [3.05, 3.63) is 72.7 Å². The van der Waals surface area contributed by atoms with E-state index in [1.54, 1.807) is 11.6 Å². The van der Waals surface area contributed by atoms with Crippen LogP contribution in [0.5, 0.6) is 5.75 Å². The fourth-order valence-electron chi connectivity index (χ4n) is 4.24. The lowest BCUT2D eigenvalue weighted by atomic mass is 10.1. The summed E-state index contributed by atoms with van der Waals surface area (Å²) in [6.07, 6.45) is 4.17. The van der Waals surface area contributed by atoms with Gasteiger partial charge in [-0.05, 0) is 29.7 Å². The number of urea groups is 1. The van der Waals surface area contributed by atoms with Crippen LogP contribution in [-0.2, 0) is 6.42 Å². The summed E-state index contributed by atoms with van der Waals surface area (Å²) < 4.78 is 7.07. The number of nitrogens with zero attached hydrogens (tertiary/aromatic N) is 6. The molecule has 34 heavy (non-hydrogen) atoms. The summed E-state index contributed by atoms with van der Waals surface area (Å²) in [6.45, 7) is 3.24. The van der Waals surface area contributed by atoms with Gasteiger partial charge in [0.25, 0.3) is 5.78 Å². The van der Waals surface area contributed by atoms with Crippen molar-refractivity contribution in [1.29, 1.82) is 0 Å². The molecule has 1 aliphatic rings. The van der Waals surface area contributed by atoms with E-state index < -0.39 is 0 Å². The van der Waals surface area contributed by atoms with Gasteiger partial charge >= 0.3 is 6.03 Å². The number of fused-ring (bicyclic) bond motifs is 1. The number of hydrogen-bond donors (Lipinski definition) is 1. The Hall–Kier alpha value is -4.14. The summed E-state index contributed by atoms with van der Waals surface area (Å²) >= 11 is 0. The van der Waals surface area contributed by atoms with Crippen LogP contribution in [-0.4, -0.2) is 70.3 Å². The Balaban J connectivity index is 1.28. The van der Waals surface area contributed by atoms with Crippen LogP contribution in [0.3, 0.4) is 0 Å². The lowest BCUT2D eigenvalue weighted by Gasteiger charge is -2.36. The topological polar surface area (TPSA) is 87.9 Å². The van der Waals surface area contributed by atoms with Crippen LogP contribution in [0.15, 0.2) is 67.1 Å². The Labute approximate surface area is 198 Å². The molecule has 3 heterocycles. The third-order valence-electron chi connectivity index (χ3n) is 6.08. The minimum atomic E-state index is -0.0217. The molecule has 9 nitrogen and oxygen atoms in total. The SMILES string of the molecule is COc1ccc(-c2cnc3ncnn3c2N2CCN(C(=O)NCCc3ccccc3)CC2)cc1. The van der Waals surface area contributed by atoms with Gasteiger partial charge in [0.2, 0.25) is 0 Å². The summed E-state index contributed by atoms with van der Waals surface area (Å²) in [7, 11) is 1.65. The maximum absolute atomic E-state index is 12.7. The zero-order valence-corrected chi connectivity index (χ0v) is 19.1. The van der Waals surface area contributed by atoms with Gasteiger partial charge in [-0.2, -0.15) is 14.6 Å². The second kappa shape index (κ2) is 9.78. The Bertz CT molecular complexity index is 1250. The number of piperazine rings is 1. The number of nitrogens with one attached hydrogen (secondary N) is 1. The van der Waals surface area contributed by atoms with Crippen molar-refractivity contribution in [3.8, 4) is 16.9 Å². The molecule has 1 fully saturated rings. The molecule has 174 valence electrons. The molecule has 1 saturated heterocycles. The van der Waals surface area contributed by atoms with Gasteiger partial charge in [-0.1, -0.05) is 42.5 Å². The lowest BCUT2D eigenvalue weighted by molar-refractivity contribution is 0.194. The number of rotatable bonds is 6. The zero-order chi connectivity index (χ0) is 23.3. The molecule has 2 amide bonds. The van der Waals surface area contributed by atoms with E-state index in [0.29, 0.717) is 38.5 Å². The predicted molar refractivity (Wildman–Crippen MR) is 130 cm³/mol. The smallest absolute Gasteiger partial charge is 0.317 e. The molecular formula is C25H27N7O2. The molecule has 9 heteroatoms. The number of amides is 2. The van der Waals surface area contributed by atoms with E-state index in [-0.39, 0.29) is 6.03 Å². The Kier molecular flexibility index (Phi) is 6.24. The van der Waals surface area contributed by atoms with Gasteiger partial charge in [-0.25, -0.2) is 9.78 Å². The molecule has 2 aromatic carbocycles. The molecule has 5 rings (SSSR count). The third kappa shape index (κ3) is 4.50. The normalized spacial score (nSPS) is 13.8. The van der Waals surface area contributed by atoms with E-state index in [1.165, 1.54) is 11.9 Å². The molecular weight excluding hydrogens is 430 g/mol. The number of benzene rings is 2. The second-order valence-electron chi connectivity index (χ2n) is 8.14. The van der Waals surface area contributed by atoms with Crippen molar-refractivity contribution in [1.82, 2.24) is 29.8 Å². The van der Waals surface area contributed by atoms with Crippen molar-refractivity contribution >= 4 is 17.6 Å². The molecule has 1 aliphatic heterocycles. The quantitative estimate of drug-likeness (QED) is 0.479.